The normalized spacial score (nSPS) is 26.2. The molecule has 88 valence electrons. The number of rotatable bonds is 4. The van der Waals surface area contributed by atoms with Gasteiger partial charge in [0.25, 0.3) is 0 Å². The van der Waals surface area contributed by atoms with Crippen LogP contribution in [0.4, 0.5) is 0 Å². The lowest BCUT2D eigenvalue weighted by Gasteiger charge is -2.24. The predicted molar refractivity (Wildman–Crippen MR) is 59.0 cm³/mol. The van der Waals surface area contributed by atoms with Crippen LogP contribution in [0.2, 0.25) is 0 Å². The zero-order valence-electron chi connectivity index (χ0n) is 9.00. The van der Waals surface area contributed by atoms with Crippen LogP contribution >= 0.6 is 0 Å². The Morgan fingerprint density at radius 1 is 0.812 bits per heavy atom. The Kier molecular flexibility index (Phi) is 4.76. The smallest absolute Gasteiger partial charge is 0.327 e. The Hall–Kier alpha value is -1.58. The van der Waals surface area contributed by atoms with Gasteiger partial charge in [0.15, 0.2) is 0 Å². The molecule has 0 amide bonds. The van der Waals surface area contributed by atoms with Crippen LogP contribution in [0.1, 0.15) is 25.7 Å². The molecule has 4 nitrogen and oxygen atoms in total. The van der Waals surface area contributed by atoms with Gasteiger partial charge in [-0.25, -0.2) is 9.59 Å². The minimum Gasteiger partial charge on any atom is -0.478 e. The number of hydrogen-bond acceptors (Lipinski definition) is 2. The fourth-order valence-electron chi connectivity index (χ4n) is 1.97. The Bertz CT molecular complexity index is 277. The van der Waals surface area contributed by atoms with Gasteiger partial charge >= 0.3 is 11.9 Å². The second-order valence-electron chi connectivity index (χ2n) is 4.07. The molecule has 1 fully saturated rings. The van der Waals surface area contributed by atoms with Crippen LogP contribution in [0.25, 0.3) is 0 Å². The molecule has 1 rings (SSSR count). The van der Waals surface area contributed by atoms with Gasteiger partial charge in [0.2, 0.25) is 0 Å². The maximum absolute atomic E-state index is 10.3. The fraction of sp³-hybridized carbons (Fsp3) is 0.500. The first-order chi connectivity index (χ1) is 7.58. The third-order valence-electron chi connectivity index (χ3n) is 2.84. The predicted octanol–water partition coefficient (Wildman–Crippen LogP) is 2.07. The van der Waals surface area contributed by atoms with Gasteiger partial charge in [0.1, 0.15) is 0 Å². The second-order valence-corrected chi connectivity index (χ2v) is 4.07. The van der Waals surface area contributed by atoms with Gasteiger partial charge < -0.3 is 10.2 Å². The highest BCUT2D eigenvalue weighted by Gasteiger charge is 2.17. The van der Waals surface area contributed by atoms with Crippen molar-refractivity contribution in [1.29, 1.82) is 0 Å². The van der Waals surface area contributed by atoms with Crippen LogP contribution in [0.15, 0.2) is 24.3 Å². The minimum atomic E-state index is -0.909. The molecule has 0 aromatic heterocycles. The van der Waals surface area contributed by atoms with Gasteiger partial charge in [-0.2, -0.15) is 0 Å². The number of carboxylic acids is 2. The molecule has 0 aliphatic heterocycles. The van der Waals surface area contributed by atoms with Crippen LogP contribution in [0.3, 0.4) is 0 Å². The van der Waals surface area contributed by atoms with Crippen molar-refractivity contribution in [1.82, 2.24) is 0 Å². The first-order valence-electron chi connectivity index (χ1n) is 5.40. The lowest BCUT2D eigenvalue weighted by Crippen LogP contribution is -2.12. The zero-order chi connectivity index (χ0) is 12.0. The molecule has 0 spiro atoms. The first-order valence-corrected chi connectivity index (χ1v) is 5.40. The van der Waals surface area contributed by atoms with Crippen molar-refractivity contribution >= 4 is 11.9 Å². The molecule has 1 aliphatic rings. The molecule has 0 atom stereocenters. The molecule has 0 unspecified atom stereocenters. The highest BCUT2D eigenvalue weighted by atomic mass is 16.4. The molecule has 16 heavy (non-hydrogen) atoms. The highest BCUT2D eigenvalue weighted by Crippen LogP contribution is 2.30. The Morgan fingerprint density at radius 3 is 1.38 bits per heavy atom. The van der Waals surface area contributed by atoms with E-state index in [1.165, 1.54) is 12.2 Å². The van der Waals surface area contributed by atoms with Gasteiger partial charge in [-0.15, -0.1) is 0 Å². The van der Waals surface area contributed by atoms with Crippen molar-refractivity contribution in [2.24, 2.45) is 11.8 Å². The van der Waals surface area contributed by atoms with E-state index in [1.54, 1.807) is 12.2 Å². The largest absolute Gasteiger partial charge is 0.478 e. The number of carboxylic acid groups (broad SMARTS) is 2. The molecule has 0 bridgehead atoms. The van der Waals surface area contributed by atoms with Crippen molar-refractivity contribution in [3.05, 3.63) is 24.3 Å². The number of aliphatic carboxylic acids is 2. The summed E-state index contributed by atoms with van der Waals surface area (Å²) < 4.78 is 0. The van der Waals surface area contributed by atoms with Crippen molar-refractivity contribution in [2.45, 2.75) is 25.7 Å². The van der Waals surface area contributed by atoms with Crippen LogP contribution in [-0.2, 0) is 9.59 Å². The summed E-state index contributed by atoms with van der Waals surface area (Å²) >= 11 is 0. The van der Waals surface area contributed by atoms with Crippen LogP contribution in [0.5, 0.6) is 0 Å². The molecule has 4 heteroatoms. The summed E-state index contributed by atoms with van der Waals surface area (Å²) in [6.45, 7) is 0. The van der Waals surface area contributed by atoms with E-state index in [2.05, 4.69) is 0 Å². The monoisotopic (exact) mass is 224 g/mol. The van der Waals surface area contributed by atoms with Crippen LogP contribution < -0.4 is 0 Å². The van der Waals surface area contributed by atoms with E-state index in [1.807, 2.05) is 0 Å². The van der Waals surface area contributed by atoms with E-state index >= 15 is 0 Å². The molecular weight excluding hydrogens is 208 g/mol. The average molecular weight is 224 g/mol. The Balaban J connectivity index is 2.34. The summed E-state index contributed by atoms with van der Waals surface area (Å²) in [5.41, 5.74) is 0. The Labute approximate surface area is 94.3 Å². The van der Waals surface area contributed by atoms with Gasteiger partial charge in [0, 0.05) is 12.2 Å². The SMILES string of the molecule is O=C(O)C=CC1CCC(C=CC(=O)O)CC1. The van der Waals surface area contributed by atoms with E-state index in [4.69, 9.17) is 10.2 Å². The molecule has 2 N–H and O–H groups in total. The molecule has 1 aliphatic carbocycles. The van der Waals surface area contributed by atoms with E-state index in [9.17, 15) is 9.59 Å². The summed E-state index contributed by atoms with van der Waals surface area (Å²) in [7, 11) is 0. The Morgan fingerprint density at radius 2 is 1.12 bits per heavy atom. The number of carbonyl (C=O) groups is 2. The maximum atomic E-state index is 10.3. The van der Waals surface area contributed by atoms with Crippen LogP contribution in [0, 0.1) is 11.8 Å². The summed E-state index contributed by atoms with van der Waals surface area (Å²) in [4.78, 5) is 20.6. The van der Waals surface area contributed by atoms with Crippen molar-refractivity contribution in [3.63, 3.8) is 0 Å². The zero-order valence-corrected chi connectivity index (χ0v) is 9.00. The average Bonchev–Trinajstić information content (AvgIpc) is 2.25. The third-order valence-corrected chi connectivity index (χ3v) is 2.84. The highest BCUT2D eigenvalue weighted by molar-refractivity contribution is 5.80. The molecule has 1 saturated carbocycles. The standard InChI is InChI=1S/C12H16O4/c13-11(14)7-5-9-1-2-10(4-3-9)6-8-12(15)16/h5-10H,1-4H2,(H,13,14)(H,15,16). The lowest BCUT2D eigenvalue weighted by molar-refractivity contribution is -0.132. The van der Waals surface area contributed by atoms with Gasteiger partial charge in [-0.1, -0.05) is 12.2 Å². The molecule has 0 radical (unpaired) electrons. The minimum absolute atomic E-state index is 0.325. The van der Waals surface area contributed by atoms with E-state index in [0.29, 0.717) is 11.8 Å². The maximum Gasteiger partial charge on any atom is 0.327 e. The third kappa shape index (κ3) is 4.77. The van der Waals surface area contributed by atoms with Crippen LogP contribution in [-0.4, -0.2) is 22.2 Å². The van der Waals surface area contributed by atoms with Gasteiger partial charge in [-0.05, 0) is 37.5 Å². The van der Waals surface area contributed by atoms with Crippen molar-refractivity contribution in [2.75, 3.05) is 0 Å². The molecular formula is C12H16O4. The summed E-state index contributed by atoms with van der Waals surface area (Å²) in [5, 5.41) is 17.0. The quantitative estimate of drug-likeness (QED) is 0.717. The second kappa shape index (κ2) is 6.10. The molecule has 0 heterocycles. The first kappa shape index (κ1) is 12.5. The number of hydrogen-bond donors (Lipinski definition) is 2. The van der Waals surface area contributed by atoms with Crippen molar-refractivity contribution < 1.29 is 19.8 Å². The van der Waals surface area contributed by atoms with E-state index < -0.39 is 11.9 Å². The topological polar surface area (TPSA) is 74.6 Å². The summed E-state index contributed by atoms with van der Waals surface area (Å²) in [6, 6.07) is 0. The van der Waals surface area contributed by atoms with Gasteiger partial charge in [0.05, 0.1) is 0 Å². The van der Waals surface area contributed by atoms with Gasteiger partial charge in [-0.3, -0.25) is 0 Å². The van der Waals surface area contributed by atoms with E-state index in [-0.39, 0.29) is 0 Å². The molecule has 0 aromatic carbocycles. The molecule has 0 saturated heterocycles. The number of allylic oxidation sites excluding steroid dienone is 2. The summed E-state index contributed by atoms with van der Waals surface area (Å²) in [5.74, 6) is -1.17. The van der Waals surface area contributed by atoms with Crippen molar-refractivity contribution in [3.8, 4) is 0 Å². The van der Waals surface area contributed by atoms with E-state index in [0.717, 1.165) is 25.7 Å². The summed E-state index contributed by atoms with van der Waals surface area (Å²) in [6.07, 6.45) is 9.57. The fourth-order valence-corrected chi connectivity index (χ4v) is 1.97. The molecule has 0 aromatic rings. The lowest BCUT2D eigenvalue weighted by atomic mass is 9.82.